The lowest BCUT2D eigenvalue weighted by Crippen LogP contribution is -2.58. The molecule has 0 radical (unpaired) electrons. The number of nitrogens with one attached hydrogen (secondary N) is 1. The van der Waals surface area contributed by atoms with E-state index in [9.17, 15) is 8.42 Å². The SMILES string of the molecule is CC(C)S(=O)(=O)C(C)(C)N1CCNCC1. The van der Waals surface area contributed by atoms with Gasteiger partial charge in [-0.15, -0.1) is 0 Å². The van der Waals surface area contributed by atoms with Crippen molar-refractivity contribution >= 4 is 9.84 Å². The summed E-state index contributed by atoms with van der Waals surface area (Å²) in [5.74, 6) is 0. The van der Waals surface area contributed by atoms with Gasteiger partial charge in [0, 0.05) is 26.2 Å². The summed E-state index contributed by atoms with van der Waals surface area (Å²) in [5, 5.41) is 2.91. The second kappa shape index (κ2) is 4.39. The first-order valence-electron chi connectivity index (χ1n) is 5.49. The Hall–Kier alpha value is -0.130. The summed E-state index contributed by atoms with van der Waals surface area (Å²) in [6.45, 7) is 10.5. The molecule has 0 aromatic heterocycles. The normalized spacial score (nSPS) is 20.9. The van der Waals surface area contributed by atoms with E-state index in [1.807, 2.05) is 13.8 Å². The Bertz CT molecular complexity index is 303. The van der Waals surface area contributed by atoms with Crippen molar-refractivity contribution in [2.75, 3.05) is 26.2 Å². The van der Waals surface area contributed by atoms with Gasteiger partial charge >= 0.3 is 0 Å². The molecule has 1 aliphatic rings. The zero-order valence-corrected chi connectivity index (χ0v) is 10.9. The van der Waals surface area contributed by atoms with Crippen LogP contribution in [0.4, 0.5) is 0 Å². The molecule has 0 saturated carbocycles. The summed E-state index contributed by atoms with van der Waals surface area (Å²) in [4.78, 5) is 1.31. The molecule has 4 nitrogen and oxygen atoms in total. The zero-order chi connectivity index (χ0) is 11.7. The summed E-state index contributed by atoms with van der Waals surface area (Å²) >= 11 is 0. The van der Waals surface area contributed by atoms with Crippen molar-refractivity contribution in [1.29, 1.82) is 0 Å². The lowest BCUT2D eigenvalue weighted by atomic mass is 10.2. The Kier molecular flexibility index (Phi) is 3.79. The molecule has 0 unspecified atom stereocenters. The predicted molar refractivity (Wildman–Crippen MR) is 62.6 cm³/mol. The molecule has 1 saturated heterocycles. The van der Waals surface area contributed by atoms with E-state index in [4.69, 9.17) is 0 Å². The molecule has 1 aliphatic heterocycles. The fraction of sp³-hybridized carbons (Fsp3) is 1.00. The molecule has 0 atom stereocenters. The Morgan fingerprint density at radius 2 is 1.67 bits per heavy atom. The summed E-state index contributed by atoms with van der Waals surface area (Å²) in [6.07, 6.45) is 0. The summed E-state index contributed by atoms with van der Waals surface area (Å²) in [5.41, 5.74) is 0. The Labute approximate surface area is 93.0 Å². The minimum atomic E-state index is -3.08. The number of rotatable bonds is 3. The number of hydrogen-bond donors (Lipinski definition) is 1. The minimum absolute atomic E-state index is 0.317. The van der Waals surface area contributed by atoms with Gasteiger partial charge in [-0.25, -0.2) is 8.42 Å². The van der Waals surface area contributed by atoms with Crippen LogP contribution in [0, 0.1) is 0 Å². The summed E-state index contributed by atoms with van der Waals surface area (Å²) < 4.78 is 24.4. The molecule has 1 heterocycles. The van der Waals surface area contributed by atoms with Gasteiger partial charge in [-0.2, -0.15) is 0 Å². The summed E-state index contributed by atoms with van der Waals surface area (Å²) in [6, 6.07) is 0. The second-order valence-electron chi connectivity index (χ2n) is 4.78. The van der Waals surface area contributed by atoms with Crippen LogP contribution in [0.1, 0.15) is 27.7 Å². The van der Waals surface area contributed by atoms with Crippen molar-refractivity contribution in [1.82, 2.24) is 10.2 Å². The van der Waals surface area contributed by atoms with Gasteiger partial charge in [0.1, 0.15) is 4.87 Å². The van der Waals surface area contributed by atoms with E-state index in [2.05, 4.69) is 10.2 Å². The van der Waals surface area contributed by atoms with E-state index < -0.39 is 14.7 Å². The monoisotopic (exact) mass is 234 g/mol. The molecule has 0 aromatic carbocycles. The highest BCUT2D eigenvalue weighted by Gasteiger charge is 2.41. The van der Waals surface area contributed by atoms with E-state index in [0.717, 1.165) is 26.2 Å². The van der Waals surface area contributed by atoms with Crippen LogP contribution in [0.5, 0.6) is 0 Å². The van der Waals surface area contributed by atoms with Crippen molar-refractivity contribution < 1.29 is 8.42 Å². The van der Waals surface area contributed by atoms with Gasteiger partial charge in [0.05, 0.1) is 5.25 Å². The van der Waals surface area contributed by atoms with Crippen molar-refractivity contribution in [3.05, 3.63) is 0 Å². The third-order valence-electron chi connectivity index (χ3n) is 3.20. The molecular weight excluding hydrogens is 212 g/mol. The van der Waals surface area contributed by atoms with E-state index >= 15 is 0 Å². The Morgan fingerprint density at radius 3 is 2.07 bits per heavy atom. The molecule has 90 valence electrons. The number of sulfone groups is 1. The Morgan fingerprint density at radius 1 is 1.20 bits per heavy atom. The molecule has 0 spiro atoms. The first-order valence-corrected chi connectivity index (χ1v) is 7.04. The van der Waals surface area contributed by atoms with Gasteiger partial charge in [-0.05, 0) is 27.7 Å². The molecular formula is C10H22N2O2S. The zero-order valence-electron chi connectivity index (χ0n) is 10.1. The maximum atomic E-state index is 12.2. The van der Waals surface area contributed by atoms with Crippen LogP contribution in [-0.4, -0.2) is 49.6 Å². The van der Waals surface area contributed by atoms with Crippen LogP contribution in [0.25, 0.3) is 0 Å². The maximum absolute atomic E-state index is 12.2. The highest BCUT2D eigenvalue weighted by Crippen LogP contribution is 2.25. The average molecular weight is 234 g/mol. The summed E-state index contributed by atoms with van der Waals surface area (Å²) in [7, 11) is -3.08. The lowest BCUT2D eigenvalue weighted by Gasteiger charge is -2.41. The highest BCUT2D eigenvalue weighted by atomic mass is 32.2. The van der Waals surface area contributed by atoms with Gasteiger partial charge in [-0.1, -0.05) is 0 Å². The second-order valence-corrected chi connectivity index (χ2v) is 7.81. The molecule has 1 rings (SSSR count). The van der Waals surface area contributed by atoms with Crippen LogP contribution < -0.4 is 5.32 Å². The lowest BCUT2D eigenvalue weighted by molar-refractivity contribution is 0.163. The molecule has 0 aromatic rings. The first kappa shape index (κ1) is 12.9. The standard InChI is InChI=1S/C10H22N2O2S/c1-9(2)15(13,14)10(3,4)12-7-5-11-6-8-12/h9,11H,5-8H2,1-4H3. The minimum Gasteiger partial charge on any atom is -0.314 e. The highest BCUT2D eigenvalue weighted by molar-refractivity contribution is 7.93. The van der Waals surface area contributed by atoms with Gasteiger partial charge in [0.2, 0.25) is 0 Å². The molecule has 0 aliphatic carbocycles. The predicted octanol–water partition coefficient (Wildman–Crippen LogP) is 0.451. The van der Waals surface area contributed by atoms with Crippen molar-refractivity contribution in [2.24, 2.45) is 0 Å². The van der Waals surface area contributed by atoms with Gasteiger partial charge in [0.25, 0.3) is 0 Å². The van der Waals surface area contributed by atoms with E-state index in [-0.39, 0.29) is 5.25 Å². The largest absolute Gasteiger partial charge is 0.314 e. The quantitative estimate of drug-likeness (QED) is 0.770. The fourth-order valence-corrected chi connectivity index (χ4v) is 3.66. The third kappa shape index (κ3) is 2.34. The van der Waals surface area contributed by atoms with Gasteiger partial charge < -0.3 is 5.32 Å². The molecule has 1 fully saturated rings. The number of nitrogens with zero attached hydrogens (tertiary/aromatic N) is 1. The third-order valence-corrected chi connectivity index (χ3v) is 6.09. The van der Waals surface area contributed by atoms with E-state index in [1.54, 1.807) is 13.8 Å². The first-order chi connectivity index (χ1) is 6.80. The van der Waals surface area contributed by atoms with Gasteiger partial charge in [-0.3, -0.25) is 4.90 Å². The van der Waals surface area contributed by atoms with Crippen molar-refractivity contribution in [3.8, 4) is 0 Å². The smallest absolute Gasteiger partial charge is 0.170 e. The fourth-order valence-electron chi connectivity index (χ4n) is 1.96. The molecule has 15 heavy (non-hydrogen) atoms. The number of hydrogen-bond acceptors (Lipinski definition) is 4. The van der Waals surface area contributed by atoms with Crippen LogP contribution in [0.2, 0.25) is 0 Å². The van der Waals surface area contributed by atoms with Crippen molar-refractivity contribution in [3.63, 3.8) is 0 Å². The number of piperazine rings is 1. The van der Waals surface area contributed by atoms with Gasteiger partial charge in [0.15, 0.2) is 9.84 Å². The average Bonchev–Trinajstić information content (AvgIpc) is 2.18. The topological polar surface area (TPSA) is 49.4 Å². The molecule has 1 N–H and O–H groups in total. The van der Waals surface area contributed by atoms with Crippen LogP contribution >= 0.6 is 0 Å². The van der Waals surface area contributed by atoms with Crippen LogP contribution in [-0.2, 0) is 9.84 Å². The molecule has 0 amide bonds. The molecule has 0 bridgehead atoms. The van der Waals surface area contributed by atoms with E-state index in [0.29, 0.717) is 0 Å². The van der Waals surface area contributed by atoms with Crippen LogP contribution in [0.3, 0.4) is 0 Å². The van der Waals surface area contributed by atoms with Crippen LogP contribution in [0.15, 0.2) is 0 Å². The molecule has 5 heteroatoms. The van der Waals surface area contributed by atoms with E-state index in [1.165, 1.54) is 0 Å². The Balaban J connectivity index is 2.90. The van der Waals surface area contributed by atoms with Crippen molar-refractivity contribution in [2.45, 2.75) is 37.8 Å². The maximum Gasteiger partial charge on any atom is 0.170 e.